The van der Waals surface area contributed by atoms with Gasteiger partial charge in [0.15, 0.2) is 0 Å². The third-order valence-corrected chi connectivity index (χ3v) is 4.32. The van der Waals surface area contributed by atoms with Gasteiger partial charge in [0.05, 0.1) is 18.4 Å². The summed E-state index contributed by atoms with van der Waals surface area (Å²) in [5.41, 5.74) is 2.36. The molecule has 0 aliphatic heterocycles. The number of halogens is 3. The maximum absolute atomic E-state index is 12.8. The SMILES string of the molecule is C=N/C=C(/CNc1cc(=O)n(-c2ccc(OC(F)(F)F)cc2)cc1-c1cnn(C)c1)N=C. The largest absolute Gasteiger partial charge is 0.573 e. The van der Waals surface area contributed by atoms with Crippen LogP contribution in [0.3, 0.4) is 0 Å². The molecule has 0 saturated carbocycles. The Balaban J connectivity index is 2.02. The molecular weight excluding hydrogens is 425 g/mol. The van der Waals surface area contributed by atoms with E-state index in [0.29, 0.717) is 22.6 Å². The van der Waals surface area contributed by atoms with Gasteiger partial charge in [0.1, 0.15) is 5.75 Å². The van der Waals surface area contributed by atoms with E-state index < -0.39 is 11.9 Å². The number of aromatic nitrogens is 3. The number of nitrogens with one attached hydrogen (secondary N) is 1. The third kappa shape index (κ3) is 5.50. The zero-order valence-corrected chi connectivity index (χ0v) is 17.0. The number of alkyl halides is 3. The Hall–Kier alpha value is -4.15. The lowest BCUT2D eigenvalue weighted by Gasteiger charge is -2.15. The molecule has 0 aliphatic carbocycles. The quantitative estimate of drug-likeness (QED) is 0.536. The molecule has 1 N–H and O–H groups in total. The molecule has 0 saturated heterocycles. The molecule has 0 amide bonds. The fraction of sp³-hybridized carbons (Fsp3) is 0.143. The topological polar surface area (TPSA) is 85.8 Å². The lowest BCUT2D eigenvalue weighted by Crippen LogP contribution is -2.19. The zero-order valence-electron chi connectivity index (χ0n) is 17.0. The van der Waals surface area contributed by atoms with Crippen LogP contribution in [0, 0.1) is 0 Å². The van der Waals surface area contributed by atoms with E-state index in [4.69, 9.17) is 0 Å². The van der Waals surface area contributed by atoms with Crippen molar-refractivity contribution in [3.05, 3.63) is 71.2 Å². The highest BCUT2D eigenvalue weighted by atomic mass is 19.4. The highest BCUT2D eigenvalue weighted by molar-refractivity contribution is 5.77. The molecule has 1 aromatic carbocycles. The Kier molecular flexibility index (Phi) is 6.57. The van der Waals surface area contributed by atoms with Crippen LogP contribution in [0.1, 0.15) is 0 Å². The highest BCUT2D eigenvalue weighted by Gasteiger charge is 2.31. The van der Waals surface area contributed by atoms with Crippen LogP contribution < -0.4 is 15.6 Å². The normalized spacial score (nSPS) is 11.8. The van der Waals surface area contributed by atoms with Gasteiger partial charge < -0.3 is 10.1 Å². The number of nitrogens with zero attached hydrogens (tertiary/aromatic N) is 5. The Morgan fingerprint density at radius 3 is 2.53 bits per heavy atom. The summed E-state index contributed by atoms with van der Waals surface area (Å²) in [6.07, 6.45) is 1.62. The van der Waals surface area contributed by atoms with E-state index in [1.807, 2.05) is 0 Å². The summed E-state index contributed by atoms with van der Waals surface area (Å²) in [6.45, 7) is 7.09. The number of aryl methyl sites for hydroxylation is 1. The first-order valence-electron chi connectivity index (χ1n) is 9.17. The first-order valence-corrected chi connectivity index (χ1v) is 9.17. The van der Waals surface area contributed by atoms with E-state index in [9.17, 15) is 18.0 Å². The average Bonchev–Trinajstić information content (AvgIpc) is 3.17. The second kappa shape index (κ2) is 9.33. The van der Waals surface area contributed by atoms with Gasteiger partial charge >= 0.3 is 6.36 Å². The molecule has 2 aromatic heterocycles. The Bertz CT molecular complexity index is 1210. The van der Waals surface area contributed by atoms with E-state index in [-0.39, 0.29) is 12.3 Å². The fourth-order valence-electron chi connectivity index (χ4n) is 2.91. The van der Waals surface area contributed by atoms with Crippen molar-refractivity contribution in [2.24, 2.45) is 17.0 Å². The fourth-order valence-corrected chi connectivity index (χ4v) is 2.91. The maximum atomic E-state index is 12.8. The molecule has 0 bridgehead atoms. The molecule has 3 rings (SSSR count). The van der Waals surface area contributed by atoms with Crippen molar-refractivity contribution in [2.45, 2.75) is 6.36 Å². The molecule has 0 aliphatic rings. The Morgan fingerprint density at radius 2 is 1.97 bits per heavy atom. The van der Waals surface area contributed by atoms with Gasteiger partial charge in [-0.1, -0.05) is 0 Å². The molecule has 11 heteroatoms. The number of pyridine rings is 1. The summed E-state index contributed by atoms with van der Waals surface area (Å²) in [6, 6.07) is 6.38. The number of benzene rings is 1. The van der Waals surface area contributed by atoms with Gasteiger partial charge in [-0.2, -0.15) is 5.10 Å². The van der Waals surface area contributed by atoms with Crippen molar-refractivity contribution < 1.29 is 17.9 Å². The first-order chi connectivity index (χ1) is 15.2. The predicted octanol–water partition coefficient (Wildman–Crippen LogP) is 3.79. The summed E-state index contributed by atoms with van der Waals surface area (Å²) in [4.78, 5) is 20.3. The molecule has 3 aromatic rings. The number of anilines is 1. The molecule has 2 heterocycles. The van der Waals surface area contributed by atoms with Crippen molar-refractivity contribution in [1.29, 1.82) is 0 Å². The summed E-state index contributed by atoms with van der Waals surface area (Å²) >= 11 is 0. The van der Waals surface area contributed by atoms with Crippen LogP contribution in [-0.4, -0.2) is 40.7 Å². The minimum atomic E-state index is -4.80. The Morgan fingerprint density at radius 1 is 1.25 bits per heavy atom. The van der Waals surface area contributed by atoms with Crippen molar-refractivity contribution in [1.82, 2.24) is 14.3 Å². The monoisotopic (exact) mass is 444 g/mol. The lowest BCUT2D eigenvalue weighted by atomic mass is 10.1. The number of hydrogen-bond acceptors (Lipinski definition) is 6. The minimum Gasteiger partial charge on any atom is -0.406 e. The van der Waals surface area contributed by atoms with Crippen molar-refractivity contribution in [3.8, 4) is 22.6 Å². The van der Waals surface area contributed by atoms with Crippen LogP contribution in [0.25, 0.3) is 16.8 Å². The molecule has 0 spiro atoms. The summed E-state index contributed by atoms with van der Waals surface area (Å²) < 4.78 is 44.0. The average molecular weight is 444 g/mol. The van der Waals surface area contributed by atoms with Crippen LogP contribution in [0.15, 0.2) is 75.6 Å². The smallest absolute Gasteiger partial charge is 0.406 e. The van der Waals surface area contributed by atoms with E-state index in [1.54, 1.807) is 30.3 Å². The van der Waals surface area contributed by atoms with Crippen molar-refractivity contribution >= 4 is 19.1 Å². The minimum absolute atomic E-state index is 0.239. The van der Waals surface area contributed by atoms with Gasteiger partial charge in [0, 0.05) is 54.2 Å². The van der Waals surface area contributed by atoms with E-state index in [0.717, 1.165) is 17.7 Å². The summed E-state index contributed by atoms with van der Waals surface area (Å²) in [5.74, 6) is -0.382. The standard InChI is InChI=1S/C21H19F3N6O2/c1-25-10-15(26-2)11-27-19-8-20(31)30(13-18(19)14-9-28-29(3)12-14)16-4-6-17(7-5-16)32-21(22,23)24/h4-10,12-13,27H,1-2,11H2,3H3/b15-10-. The first kappa shape index (κ1) is 22.5. The van der Waals surface area contributed by atoms with Crippen LogP contribution in [0.2, 0.25) is 0 Å². The van der Waals surface area contributed by atoms with Crippen LogP contribution >= 0.6 is 0 Å². The molecule has 0 atom stereocenters. The van der Waals surface area contributed by atoms with Crippen LogP contribution in [0.5, 0.6) is 5.75 Å². The van der Waals surface area contributed by atoms with Gasteiger partial charge in [-0.15, -0.1) is 13.2 Å². The predicted molar refractivity (Wildman–Crippen MR) is 117 cm³/mol. The van der Waals surface area contributed by atoms with Gasteiger partial charge in [0.2, 0.25) is 0 Å². The third-order valence-electron chi connectivity index (χ3n) is 4.32. The molecule has 0 radical (unpaired) electrons. The summed E-state index contributed by atoms with van der Waals surface area (Å²) in [5, 5.41) is 7.29. The molecule has 32 heavy (non-hydrogen) atoms. The second-order valence-corrected chi connectivity index (χ2v) is 6.57. The molecule has 166 valence electrons. The van der Waals surface area contributed by atoms with Crippen LogP contribution in [-0.2, 0) is 7.05 Å². The van der Waals surface area contributed by atoms with Gasteiger partial charge in [-0.05, 0) is 37.7 Å². The second-order valence-electron chi connectivity index (χ2n) is 6.57. The van der Waals surface area contributed by atoms with E-state index in [2.05, 4.69) is 38.6 Å². The summed E-state index contributed by atoms with van der Waals surface area (Å²) in [7, 11) is 1.75. The van der Waals surface area contributed by atoms with Gasteiger partial charge in [0.25, 0.3) is 5.56 Å². The maximum Gasteiger partial charge on any atom is 0.573 e. The van der Waals surface area contributed by atoms with Gasteiger partial charge in [-0.25, -0.2) is 0 Å². The zero-order chi connectivity index (χ0) is 23.3. The lowest BCUT2D eigenvalue weighted by molar-refractivity contribution is -0.274. The number of rotatable bonds is 8. The number of aliphatic imine (C=N–C) groups is 2. The van der Waals surface area contributed by atoms with Crippen molar-refractivity contribution in [2.75, 3.05) is 11.9 Å². The highest BCUT2D eigenvalue weighted by Crippen LogP contribution is 2.28. The number of ether oxygens (including phenoxy) is 1. The molecular formula is C21H19F3N6O2. The molecule has 0 fully saturated rings. The van der Waals surface area contributed by atoms with Crippen molar-refractivity contribution in [3.63, 3.8) is 0 Å². The van der Waals surface area contributed by atoms with Crippen LogP contribution in [0.4, 0.5) is 18.9 Å². The Labute approximate surface area is 181 Å². The van der Waals surface area contributed by atoms with Gasteiger partial charge in [-0.3, -0.25) is 24.0 Å². The molecule has 8 nitrogen and oxygen atoms in total. The number of hydrogen-bond donors (Lipinski definition) is 1. The van der Waals surface area contributed by atoms with E-state index >= 15 is 0 Å². The molecule has 0 unspecified atom stereocenters. The van der Waals surface area contributed by atoms with E-state index in [1.165, 1.54) is 29.0 Å².